The van der Waals surface area contributed by atoms with Crippen LogP contribution in [0.3, 0.4) is 0 Å². The molecule has 88 valence electrons. The third kappa shape index (κ3) is 2.61. The van der Waals surface area contributed by atoms with Crippen molar-refractivity contribution in [2.24, 2.45) is 10.9 Å². The van der Waals surface area contributed by atoms with Crippen molar-refractivity contribution < 1.29 is 4.79 Å². The summed E-state index contributed by atoms with van der Waals surface area (Å²) in [5.41, 5.74) is 3.54. The quantitative estimate of drug-likeness (QED) is 0.725. The number of allylic oxidation sites excluding steroid dienone is 5. The molecular weight excluding hydrogens is 212 g/mol. The van der Waals surface area contributed by atoms with Crippen LogP contribution < -0.4 is 5.32 Å². The molecule has 1 aliphatic heterocycles. The van der Waals surface area contributed by atoms with Crippen LogP contribution in [0.1, 0.15) is 20.3 Å². The summed E-state index contributed by atoms with van der Waals surface area (Å²) in [6, 6.07) is 0. The van der Waals surface area contributed by atoms with Crippen LogP contribution in [-0.2, 0) is 4.79 Å². The lowest BCUT2D eigenvalue weighted by Gasteiger charge is -2.23. The zero-order valence-corrected chi connectivity index (χ0v) is 10.2. The van der Waals surface area contributed by atoms with Gasteiger partial charge < -0.3 is 5.32 Å². The predicted molar refractivity (Wildman–Crippen MR) is 69.5 cm³/mol. The number of dihydropyridines is 1. The van der Waals surface area contributed by atoms with E-state index in [0.717, 1.165) is 23.5 Å². The van der Waals surface area contributed by atoms with Crippen molar-refractivity contribution in [1.29, 1.82) is 0 Å². The highest BCUT2D eigenvalue weighted by atomic mass is 16.1. The first kappa shape index (κ1) is 11.6. The fourth-order valence-corrected chi connectivity index (χ4v) is 1.85. The van der Waals surface area contributed by atoms with E-state index < -0.39 is 0 Å². The fraction of sp³-hybridized carbons (Fsp3) is 0.286. The highest BCUT2D eigenvalue weighted by Crippen LogP contribution is 2.28. The van der Waals surface area contributed by atoms with Crippen LogP contribution in [0.4, 0.5) is 0 Å². The van der Waals surface area contributed by atoms with Crippen molar-refractivity contribution in [3.8, 4) is 0 Å². The van der Waals surface area contributed by atoms with E-state index in [-0.39, 0.29) is 11.8 Å². The van der Waals surface area contributed by atoms with Gasteiger partial charge in [-0.15, -0.1) is 0 Å². The topological polar surface area (TPSA) is 41.5 Å². The average Bonchev–Trinajstić information content (AvgIpc) is 2.29. The Balaban J connectivity index is 2.12. The first-order valence-corrected chi connectivity index (χ1v) is 5.67. The molecule has 1 amide bonds. The van der Waals surface area contributed by atoms with Crippen molar-refractivity contribution in [2.45, 2.75) is 20.3 Å². The van der Waals surface area contributed by atoms with Crippen LogP contribution in [0.5, 0.6) is 0 Å². The molecule has 0 aromatic rings. The minimum Gasteiger partial charge on any atom is -0.326 e. The van der Waals surface area contributed by atoms with Gasteiger partial charge in [0.1, 0.15) is 0 Å². The predicted octanol–water partition coefficient (Wildman–Crippen LogP) is 2.50. The van der Waals surface area contributed by atoms with Gasteiger partial charge in [-0.05, 0) is 38.5 Å². The smallest absolute Gasteiger partial charge is 0.250 e. The highest BCUT2D eigenvalue weighted by molar-refractivity contribution is 5.95. The SMILES string of the molecule is C=C(C)C(=O)NC1=CC=C2N=C(C)C=CC2C1. The number of carbonyl (C=O) groups excluding carboxylic acids is 1. The number of rotatable bonds is 2. The van der Waals surface area contributed by atoms with Crippen molar-refractivity contribution in [1.82, 2.24) is 5.32 Å². The Hall–Kier alpha value is -1.90. The van der Waals surface area contributed by atoms with Crippen LogP contribution in [-0.4, -0.2) is 11.6 Å². The van der Waals surface area contributed by atoms with E-state index in [2.05, 4.69) is 23.0 Å². The maximum Gasteiger partial charge on any atom is 0.250 e. The lowest BCUT2D eigenvalue weighted by atomic mass is 9.92. The van der Waals surface area contributed by atoms with Crippen LogP contribution in [0.2, 0.25) is 0 Å². The highest BCUT2D eigenvalue weighted by Gasteiger charge is 2.20. The minimum atomic E-state index is -0.118. The second-order valence-electron chi connectivity index (χ2n) is 4.44. The normalized spacial score (nSPS) is 22.0. The molecule has 1 aliphatic carbocycles. The van der Waals surface area contributed by atoms with Gasteiger partial charge in [-0.1, -0.05) is 12.7 Å². The molecule has 3 nitrogen and oxygen atoms in total. The first-order valence-electron chi connectivity index (χ1n) is 5.67. The largest absolute Gasteiger partial charge is 0.326 e. The van der Waals surface area contributed by atoms with Crippen LogP contribution in [0.25, 0.3) is 0 Å². The molecule has 1 N–H and O–H groups in total. The van der Waals surface area contributed by atoms with Crippen LogP contribution in [0, 0.1) is 5.92 Å². The van der Waals surface area contributed by atoms with Crippen molar-refractivity contribution >= 4 is 11.6 Å². The van der Waals surface area contributed by atoms with Gasteiger partial charge in [-0.3, -0.25) is 9.79 Å². The first-order chi connectivity index (χ1) is 8.06. The summed E-state index contributed by atoms with van der Waals surface area (Å²) >= 11 is 0. The summed E-state index contributed by atoms with van der Waals surface area (Å²) in [5.74, 6) is 0.164. The number of aliphatic imine (C=N–C) groups is 1. The molecule has 0 aromatic carbocycles. The average molecular weight is 228 g/mol. The molecule has 0 saturated heterocycles. The van der Waals surface area contributed by atoms with Gasteiger partial charge in [-0.25, -0.2) is 0 Å². The molecule has 0 spiro atoms. The molecule has 0 radical (unpaired) electrons. The van der Waals surface area contributed by atoms with Gasteiger partial charge in [0.25, 0.3) is 0 Å². The Kier molecular flexibility index (Phi) is 3.09. The molecule has 0 fully saturated rings. The number of hydrogen-bond donors (Lipinski definition) is 1. The van der Waals surface area contributed by atoms with Gasteiger partial charge >= 0.3 is 0 Å². The van der Waals surface area contributed by atoms with Gasteiger partial charge in [-0.2, -0.15) is 0 Å². The van der Waals surface area contributed by atoms with Crippen molar-refractivity contribution in [2.75, 3.05) is 0 Å². The number of fused-ring (bicyclic) bond motifs is 1. The summed E-state index contributed by atoms with van der Waals surface area (Å²) < 4.78 is 0. The Morgan fingerprint density at radius 2 is 2.29 bits per heavy atom. The molecule has 2 aliphatic rings. The zero-order chi connectivity index (χ0) is 12.4. The number of hydrogen-bond acceptors (Lipinski definition) is 2. The Morgan fingerprint density at radius 3 is 3.00 bits per heavy atom. The summed E-state index contributed by atoms with van der Waals surface area (Å²) in [6.07, 6.45) is 8.83. The second kappa shape index (κ2) is 4.53. The van der Waals surface area contributed by atoms with Gasteiger partial charge in [0.15, 0.2) is 0 Å². The van der Waals surface area contributed by atoms with Crippen molar-refractivity contribution in [3.63, 3.8) is 0 Å². The minimum absolute atomic E-state index is 0.118. The number of nitrogens with zero attached hydrogens (tertiary/aromatic N) is 1. The lowest BCUT2D eigenvalue weighted by Crippen LogP contribution is -2.26. The molecule has 1 unspecified atom stereocenters. The van der Waals surface area contributed by atoms with E-state index in [4.69, 9.17) is 0 Å². The van der Waals surface area contributed by atoms with E-state index in [1.165, 1.54) is 0 Å². The molecule has 17 heavy (non-hydrogen) atoms. The van der Waals surface area contributed by atoms with Gasteiger partial charge in [0.05, 0.1) is 0 Å². The summed E-state index contributed by atoms with van der Waals surface area (Å²) in [4.78, 5) is 16.0. The van der Waals surface area contributed by atoms with Crippen molar-refractivity contribution in [3.05, 3.63) is 47.9 Å². The third-order valence-electron chi connectivity index (χ3n) is 2.81. The molecule has 1 atom stereocenters. The molecular formula is C14H16N2O. The Bertz CT molecular complexity index is 492. The van der Waals surface area contributed by atoms with E-state index >= 15 is 0 Å². The standard InChI is InChI=1S/C14H16N2O/c1-9(2)14(17)16-12-6-7-13-11(8-12)5-4-10(3)15-13/h4-7,11H,1,8H2,2-3H3,(H,16,17). The third-order valence-corrected chi connectivity index (χ3v) is 2.81. The maximum atomic E-state index is 11.5. The molecule has 0 aromatic heterocycles. The summed E-state index contributed by atoms with van der Waals surface area (Å²) in [6.45, 7) is 7.31. The van der Waals surface area contributed by atoms with E-state index in [1.54, 1.807) is 6.92 Å². The van der Waals surface area contributed by atoms with E-state index in [9.17, 15) is 4.79 Å². The monoisotopic (exact) mass is 228 g/mol. The summed E-state index contributed by atoms with van der Waals surface area (Å²) in [7, 11) is 0. The van der Waals surface area contributed by atoms with Gasteiger partial charge in [0, 0.05) is 28.6 Å². The molecule has 0 saturated carbocycles. The molecule has 3 heteroatoms. The Labute approximate surface area is 101 Å². The lowest BCUT2D eigenvalue weighted by molar-refractivity contribution is -0.116. The number of nitrogens with one attached hydrogen (secondary N) is 1. The van der Waals surface area contributed by atoms with Crippen LogP contribution >= 0.6 is 0 Å². The van der Waals surface area contributed by atoms with E-state index in [0.29, 0.717) is 5.57 Å². The molecule has 1 heterocycles. The molecule has 2 rings (SSSR count). The Morgan fingerprint density at radius 1 is 1.53 bits per heavy atom. The zero-order valence-electron chi connectivity index (χ0n) is 10.2. The fourth-order valence-electron chi connectivity index (χ4n) is 1.85. The second-order valence-corrected chi connectivity index (χ2v) is 4.44. The number of carbonyl (C=O) groups is 1. The molecule has 0 bridgehead atoms. The summed E-state index contributed by atoms with van der Waals surface area (Å²) in [5, 5.41) is 2.86. The van der Waals surface area contributed by atoms with Crippen LogP contribution in [0.15, 0.2) is 52.8 Å². The van der Waals surface area contributed by atoms with E-state index in [1.807, 2.05) is 25.2 Å². The van der Waals surface area contributed by atoms with Gasteiger partial charge in [0.2, 0.25) is 5.91 Å². The number of amides is 1. The maximum absolute atomic E-state index is 11.5.